The van der Waals surface area contributed by atoms with Crippen LogP contribution in [0, 0.1) is 0 Å². The van der Waals surface area contributed by atoms with E-state index < -0.39 is 5.60 Å². The van der Waals surface area contributed by atoms with Crippen molar-refractivity contribution in [1.29, 1.82) is 0 Å². The SMILES string of the molecule is CN(C)C1CCCN(C(=O)OC(C)(C)C)C1. The van der Waals surface area contributed by atoms with E-state index in [0.717, 1.165) is 25.9 Å². The fraction of sp³-hybridized carbons (Fsp3) is 0.917. The second kappa shape index (κ2) is 5.04. The van der Waals surface area contributed by atoms with Crippen molar-refractivity contribution in [2.75, 3.05) is 27.2 Å². The zero-order valence-corrected chi connectivity index (χ0v) is 11.1. The van der Waals surface area contributed by atoms with Crippen LogP contribution in [0.15, 0.2) is 0 Å². The van der Waals surface area contributed by atoms with Gasteiger partial charge in [-0.3, -0.25) is 0 Å². The highest BCUT2D eigenvalue weighted by Gasteiger charge is 2.28. The van der Waals surface area contributed by atoms with Crippen LogP contribution in [0.2, 0.25) is 0 Å². The van der Waals surface area contributed by atoms with Gasteiger partial charge in [-0.1, -0.05) is 0 Å². The molecule has 1 aliphatic heterocycles. The number of likely N-dealkylation sites (N-methyl/N-ethyl adjacent to an activating group) is 1. The second-order valence-electron chi connectivity index (χ2n) is 5.69. The summed E-state index contributed by atoms with van der Waals surface area (Å²) in [5.41, 5.74) is -0.401. The predicted octanol–water partition coefficient (Wildman–Crippen LogP) is 1.95. The summed E-state index contributed by atoms with van der Waals surface area (Å²) in [6.07, 6.45) is 2.04. The number of hydrogen-bond acceptors (Lipinski definition) is 3. The zero-order chi connectivity index (χ0) is 12.3. The van der Waals surface area contributed by atoms with Gasteiger partial charge in [0.15, 0.2) is 0 Å². The maximum absolute atomic E-state index is 11.9. The lowest BCUT2D eigenvalue weighted by Crippen LogP contribution is -2.48. The molecule has 94 valence electrons. The van der Waals surface area contributed by atoms with Crippen LogP contribution in [0.5, 0.6) is 0 Å². The molecule has 1 amide bonds. The van der Waals surface area contributed by atoms with Crippen molar-refractivity contribution in [3.8, 4) is 0 Å². The minimum absolute atomic E-state index is 0.181. The molecule has 1 unspecified atom stereocenters. The van der Waals surface area contributed by atoms with Gasteiger partial charge in [0.2, 0.25) is 0 Å². The number of piperidine rings is 1. The fourth-order valence-electron chi connectivity index (χ4n) is 1.87. The number of hydrogen-bond donors (Lipinski definition) is 0. The van der Waals surface area contributed by atoms with E-state index in [1.54, 1.807) is 0 Å². The van der Waals surface area contributed by atoms with Crippen LogP contribution in [-0.2, 0) is 4.74 Å². The van der Waals surface area contributed by atoms with Crippen molar-refractivity contribution in [3.05, 3.63) is 0 Å². The van der Waals surface area contributed by atoms with Crippen LogP contribution >= 0.6 is 0 Å². The van der Waals surface area contributed by atoms with Gasteiger partial charge in [0.25, 0.3) is 0 Å². The highest BCUT2D eigenvalue weighted by Crippen LogP contribution is 2.17. The van der Waals surface area contributed by atoms with Gasteiger partial charge in [0.1, 0.15) is 5.60 Å². The van der Waals surface area contributed by atoms with Crippen LogP contribution in [0.25, 0.3) is 0 Å². The summed E-state index contributed by atoms with van der Waals surface area (Å²) in [7, 11) is 4.12. The third-order valence-corrected chi connectivity index (χ3v) is 2.78. The van der Waals surface area contributed by atoms with Gasteiger partial charge >= 0.3 is 6.09 Å². The molecule has 0 aliphatic carbocycles. The van der Waals surface area contributed by atoms with E-state index in [-0.39, 0.29) is 6.09 Å². The van der Waals surface area contributed by atoms with Crippen LogP contribution < -0.4 is 0 Å². The first-order valence-corrected chi connectivity index (χ1v) is 5.94. The molecule has 0 aromatic heterocycles. The van der Waals surface area contributed by atoms with Crippen molar-refractivity contribution < 1.29 is 9.53 Å². The smallest absolute Gasteiger partial charge is 0.410 e. The van der Waals surface area contributed by atoms with Crippen molar-refractivity contribution in [2.24, 2.45) is 0 Å². The zero-order valence-electron chi connectivity index (χ0n) is 11.1. The summed E-state index contributed by atoms with van der Waals surface area (Å²) in [4.78, 5) is 15.9. The molecule has 1 heterocycles. The Kier molecular flexibility index (Phi) is 4.19. The summed E-state index contributed by atoms with van der Waals surface area (Å²) in [5, 5.41) is 0. The van der Waals surface area contributed by atoms with Gasteiger partial charge in [-0.25, -0.2) is 4.79 Å². The van der Waals surface area contributed by atoms with Crippen molar-refractivity contribution >= 4 is 6.09 Å². The van der Waals surface area contributed by atoms with E-state index in [0.29, 0.717) is 6.04 Å². The molecule has 16 heavy (non-hydrogen) atoms. The van der Waals surface area contributed by atoms with E-state index in [4.69, 9.17) is 4.74 Å². The molecule has 1 atom stereocenters. The summed E-state index contributed by atoms with van der Waals surface area (Å²) in [6.45, 7) is 7.30. The van der Waals surface area contributed by atoms with Gasteiger partial charge in [-0.15, -0.1) is 0 Å². The van der Waals surface area contributed by atoms with Crippen molar-refractivity contribution in [3.63, 3.8) is 0 Å². The third-order valence-electron chi connectivity index (χ3n) is 2.78. The van der Waals surface area contributed by atoms with Gasteiger partial charge in [-0.2, -0.15) is 0 Å². The van der Waals surface area contributed by atoms with E-state index in [2.05, 4.69) is 19.0 Å². The normalized spacial score (nSPS) is 22.4. The van der Waals surface area contributed by atoms with Crippen LogP contribution in [0.3, 0.4) is 0 Å². The van der Waals surface area contributed by atoms with Gasteiger partial charge < -0.3 is 14.5 Å². The van der Waals surface area contributed by atoms with E-state index in [9.17, 15) is 4.79 Å². The molecule has 1 rings (SSSR count). The first kappa shape index (κ1) is 13.3. The lowest BCUT2D eigenvalue weighted by atomic mass is 10.1. The maximum atomic E-state index is 11.9. The molecule has 0 spiro atoms. The lowest BCUT2D eigenvalue weighted by molar-refractivity contribution is 0.0141. The first-order chi connectivity index (χ1) is 7.29. The first-order valence-electron chi connectivity index (χ1n) is 5.94. The van der Waals surface area contributed by atoms with Crippen molar-refractivity contribution in [1.82, 2.24) is 9.80 Å². The molecule has 0 aromatic carbocycles. The van der Waals surface area contributed by atoms with E-state index in [1.165, 1.54) is 0 Å². The minimum atomic E-state index is -0.401. The molecule has 0 bridgehead atoms. The van der Waals surface area contributed by atoms with Gasteiger partial charge in [-0.05, 0) is 47.7 Å². The predicted molar refractivity (Wildman–Crippen MR) is 64.5 cm³/mol. The maximum Gasteiger partial charge on any atom is 0.410 e. The Morgan fingerprint density at radius 3 is 2.50 bits per heavy atom. The van der Waals surface area contributed by atoms with Crippen LogP contribution in [0.1, 0.15) is 33.6 Å². The minimum Gasteiger partial charge on any atom is -0.444 e. The second-order valence-corrected chi connectivity index (χ2v) is 5.69. The Labute approximate surface area is 98.5 Å². The standard InChI is InChI=1S/C12H24N2O2/c1-12(2,3)16-11(15)14-8-6-7-10(9-14)13(4)5/h10H,6-9H2,1-5H3. The van der Waals surface area contributed by atoms with Gasteiger partial charge in [0.05, 0.1) is 0 Å². The number of rotatable bonds is 1. The van der Waals surface area contributed by atoms with Crippen molar-refractivity contribution in [2.45, 2.75) is 45.3 Å². The molecule has 0 aromatic rings. The lowest BCUT2D eigenvalue weighted by Gasteiger charge is -2.36. The molecule has 1 saturated heterocycles. The summed E-state index contributed by atoms with van der Waals surface area (Å²) in [6, 6.07) is 0.460. The van der Waals surface area contributed by atoms with Crippen LogP contribution in [-0.4, -0.2) is 54.7 Å². The number of ether oxygens (including phenoxy) is 1. The Hall–Kier alpha value is -0.770. The highest BCUT2D eigenvalue weighted by atomic mass is 16.6. The molecule has 4 nitrogen and oxygen atoms in total. The Bertz CT molecular complexity index is 246. The monoisotopic (exact) mass is 228 g/mol. The molecule has 4 heteroatoms. The quantitative estimate of drug-likeness (QED) is 0.687. The number of nitrogens with zero attached hydrogens (tertiary/aromatic N) is 2. The number of amides is 1. The molecule has 0 radical (unpaired) electrons. The van der Waals surface area contributed by atoms with Crippen LogP contribution in [0.4, 0.5) is 4.79 Å². The molecule has 1 fully saturated rings. The molecule has 0 N–H and O–H groups in total. The highest BCUT2D eigenvalue weighted by molar-refractivity contribution is 5.68. The number of carbonyl (C=O) groups is 1. The topological polar surface area (TPSA) is 32.8 Å². The molecule has 0 saturated carbocycles. The van der Waals surface area contributed by atoms with E-state index >= 15 is 0 Å². The van der Waals surface area contributed by atoms with E-state index in [1.807, 2.05) is 25.7 Å². The largest absolute Gasteiger partial charge is 0.444 e. The summed E-state index contributed by atoms with van der Waals surface area (Å²) in [5.74, 6) is 0. The van der Waals surface area contributed by atoms with Gasteiger partial charge in [0, 0.05) is 19.1 Å². The Morgan fingerprint density at radius 2 is 2.00 bits per heavy atom. The Balaban J connectivity index is 2.50. The number of likely N-dealkylation sites (tertiary alicyclic amines) is 1. The molecular formula is C12H24N2O2. The number of carbonyl (C=O) groups excluding carboxylic acids is 1. The fourth-order valence-corrected chi connectivity index (χ4v) is 1.87. The average Bonchev–Trinajstić information content (AvgIpc) is 2.15. The summed E-state index contributed by atoms with van der Waals surface area (Å²) < 4.78 is 5.37. The Morgan fingerprint density at radius 1 is 1.38 bits per heavy atom. The molecular weight excluding hydrogens is 204 g/mol. The summed E-state index contributed by atoms with van der Waals surface area (Å²) >= 11 is 0. The average molecular weight is 228 g/mol. The molecule has 1 aliphatic rings. The third kappa shape index (κ3) is 4.00.